The first-order valence-electron chi connectivity index (χ1n) is 10.0. The summed E-state index contributed by atoms with van der Waals surface area (Å²) in [5, 5.41) is 0. The van der Waals surface area contributed by atoms with Crippen molar-refractivity contribution in [1.29, 1.82) is 0 Å². The zero-order valence-corrected chi connectivity index (χ0v) is 21.5. The van der Waals surface area contributed by atoms with Crippen LogP contribution < -0.4 is 0 Å². The normalized spacial score (nSPS) is 11.3. The van der Waals surface area contributed by atoms with E-state index in [4.69, 9.17) is 0 Å². The third-order valence-corrected chi connectivity index (χ3v) is 10.3. The van der Waals surface area contributed by atoms with E-state index < -0.39 is 0 Å². The van der Waals surface area contributed by atoms with Crippen LogP contribution in [-0.2, 0) is 0 Å². The summed E-state index contributed by atoms with van der Waals surface area (Å²) in [4.78, 5) is 5.49. The highest BCUT2D eigenvalue weighted by Gasteiger charge is 2.12. The van der Waals surface area contributed by atoms with Gasteiger partial charge in [-0.25, -0.2) is 0 Å². The zero-order valence-electron chi connectivity index (χ0n) is 18.3. The van der Waals surface area contributed by atoms with Crippen LogP contribution in [0.2, 0.25) is 0 Å². The van der Waals surface area contributed by atoms with Gasteiger partial charge in [-0.15, -0.1) is 22.7 Å². The number of thiophene rings is 2. The molecule has 4 rings (SSSR count). The van der Waals surface area contributed by atoms with Gasteiger partial charge in [-0.2, -0.15) is 0 Å². The summed E-state index contributed by atoms with van der Waals surface area (Å²) in [6, 6.07) is 18.2. The minimum atomic E-state index is 1.34. The molecular weight excluding hydrogens is 441 g/mol. The molecule has 0 saturated heterocycles. The molecule has 0 saturated carbocycles. The fraction of sp³-hybridized carbons (Fsp3) is 0.231. The standard InChI is InChI=1S/C26H26S4/c1-15-11-17(3)25(18(4)12-15)29-23-9-7-21(27-23)22-8-10-24(28-22)30-26-19(5)13-16(2)14-20(26)6/h7-14H,1-6H3. The highest BCUT2D eigenvalue weighted by Crippen LogP contribution is 2.44. The monoisotopic (exact) mass is 466 g/mol. The molecule has 0 amide bonds. The van der Waals surface area contributed by atoms with E-state index in [1.54, 1.807) is 0 Å². The molecule has 0 aliphatic carbocycles. The number of benzene rings is 2. The Labute approximate surface area is 196 Å². The van der Waals surface area contributed by atoms with Gasteiger partial charge in [0.15, 0.2) is 0 Å². The molecule has 0 atom stereocenters. The first-order valence-corrected chi connectivity index (χ1v) is 13.3. The molecule has 0 bridgehead atoms. The lowest BCUT2D eigenvalue weighted by atomic mass is 10.1. The fourth-order valence-corrected chi connectivity index (χ4v) is 8.36. The molecule has 0 nitrogen and oxygen atoms in total. The maximum atomic E-state index is 2.28. The Morgan fingerprint density at radius 1 is 0.500 bits per heavy atom. The number of hydrogen-bond acceptors (Lipinski definition) is 4. The Kier molecular flexibility index (Phi) is 6.50. The molecule has 4 heteroatoms. The lowest BCUT2D eigenvalue weighted by Crippen LogP contribution is -1.86. The summed E-state index contributed by atoms with van der Waals surface area (Å²) >= 11 is 7.58. The second kappa shape index (κ2) is 8.96. The van der Waals surface area contributed by atoms with Crippen LogP contribution in [-0.4, -0.2) is 0 Å². The third kappa shape index (κ3) is 4.72. The Balaban J connectivity index is 1.54. The average molecular weight is 467 g/mol. The summed E-state index contributed by atoms with van der Waals surface area (Å²) in [5.41, 5.74) is 8.14. The highest BCUT2D eigenvalue weighted by molar-refractivity contribution is 8.01. The Morgan fingerprint density at radius 2 is 0.833 bits per heavy atom. The van der Waals surface area contributed by atoms with Gasteiger partial charge in [0.05, 0.1) is 8.42 Å². The van der Waals surface area contributed by atoms with Crippen LogP contribution in [0.5, 0.6) is 0 Å². The molecule has 0 fully saturated rings. The summed E-state index contributed by atoms with van der Waals surface area (Å²) < 4.78 is 2.71. The van der Waals surface area contributed by atoms with Crippen molar-refractivity contribution in [2.45, 2.75) is 59.8 Å². The van der Waals surface area contributed by atoms with Crippen LogP contribution in [0.25, 0.3) is 9.75 Å². The van der Waals surface area contributed by atoms with Crippen LogP contribution in [0.3, 0.4) is 0 Å². The van der Waals surface area contributed by atoms with E-state index in [2.05, 4.69) is 90.1 Å². The maximum Gasteiger partial charge on any atom is 0.0653 e. The molecule has 4 aromatic rings. The third-order valence-electron chi connectivity index (χ3n) is 5.02. The van der Waals surface area contributed by atoms with Gasteiger partial charge < -0.3 is 0 Å². The summed E-state index contributed by atoms with van der Waals surface area (Å²) in [7, 11) is 0. The molecule has 0 aliphatic rings. The lowest BCUT2D eigenvalue weighted by Gasteiger charge is -2.09. The van der Waals surface area contributed by atoms with Crippen molar-refractivity contribution in [3.63, 3.8) is 0 Å². The molecule has 2 aromatic heterocycles. The maximum absolute atomic E-state index is 2.28. The van der Waals surface area contributed by atoms with Crippen molar-refractivity contribution >= 4 is 46.2 Å². The van der Waals surface area contributed by atoms with Crippen LogP contribution in [0.4, 0.5) is 0 Å². The topological polar surface area (TPSA) is 0 Å². The van der Waals surface area contributed by atoms with E-state index in [-0.39, 0.29) is 0 Å². The molecule has 0 aliphatic heterocycles. The van der Waals surface area contributed by atoms with Gasteiger partial charge in [0.25, 0.3) is 0 Å². The van der Waals surface area contributed by atoms with Crippen LogP contribution in [0.15, 0.2) is 66.7 Å². The van der Waals surface area contributed by atoms with Crippen molar-refractivity contribution in [3.05, 3.63) is 81.9 Å². The minimum absolute atomic E-state index is 1.34. The summed E-state index contributed by atoms with van der Waals surface area (Å²) in [6.45, 7) is 13.2. The lowest BCUT2D eigenvalue weighted by molar-refractivity contribution is 1.19. The minimum Gasteiger partial charge on any atom is -0.128 e. The van der Waals surface area contributed by atoms with E-state index in [0.29, 0.717) is 0 Å². The summed E-state index contributed by atoms with van der Waals surface area (Å²) in [5.74, 6) is 0. The van der Waals surface area contributed by atoms with Gasteiger partial charge in [-0.1, -0.05) is 58.9 Å². The van der Waals surface area contributed by atoms with E-state index >= 15 is 0 Å². The second-order valence-electron chi connectivity index (χ2n) is 7.90. The molecule has 2 heterocycles. The average Bonchev–Trinajstić information content (AvgIpc) is 3.30. The smallest absolute Gasteiger partial charge is 0.0653 e. The van der Waals surface area contributed by atoms with Crippen molar-refractivity contribution in [3.8, 4) is 9.75 Å². The fourth-order valence-electron chi connectivity index (χ4n) is 3.87. The molecule has 154 valence electrons. The van der Waals surface area contributed by atoms with Gasteiger partial charge in [-0.05, 0) is 88.1 Å². The van der Waals surface area contributed by atoms with Crippen molar-refractivity contribution < 1.29 is 0 Å². The van der Waals surface area contributed by atoms with E-state index in [1.165, 1.54) is 61.3 Å². The second-order valence-corrected chi connectivity index (χ2v) is 12.7. The largest absolute Gasteiger partial charge is 0.128 e. The van der Waals surface area contributed by atoms with Crippen molar-refractivity contribution in [2.24, 2.45) is 0 Å². The molecular formula is C26H26S4. The van der Waals surface area contributed by atoms with Gasteiger partial charge >= 0.3 is 0 Å². The van der Waals surface area contributed by atoms with Gasteiger partial charge in [0, 0.05) is 19.5 Å². The van der Waals surface area contributed by atoms with E-state index in [1.807, 2.05) is 46.2 Å². The molecule has 0 radical (unpaired) electrons. The Hall–Kier alpha value is -1.46. The molecule has 0 spiro atoms. The zero-order chi connectivity index (χ0) is 21.4. The number of hydrogen-bond donors (Lipinski definition) is 0. The molecule has 0 N–H and O–H groups in total. The predicted molar refractivity (Wildman–Crippen MR) is 137 cm³/mol. The highest BCUT2D eigenvalue weighted by atomic mass is 32.2. The quantitative estimate of drug-likeness (QED) is 0.287. The van der Waals surface area contributed by atoms with Gasteiger partial charge in [-0.3, -0.25) is 0 Å². The SMILES string of the molecule is Cc1cc(C)c(Sc2ccc(-c3ccc(Sc4c(C)cc(C)cc4C)s3)s2)c(C)c1. The predicted octanol–water partition coefficient (Wildman–Crippen LogP) is 9.63. The number of rotatable bonds is 5. The van der Waals surface area contributed by atoms with Gasteiger partial charge in [0.1, 0.15) is 0 Å². The molecule has 2 aromatic carbocycles. The van der Waals surface area contributed by atoms with Crippen molar-refractivity contribution in [1.82, 2.24) is 0 Å². The van der Waals surface area contributed by atoms with Crippen LogP contribution in [0, 0.1) is 41.5 Å². The number of aryl methyl sites for hydroxylation is 6. The van der Waals surface area contributed by atoms with E-state index in [9.17, 15) is 0 Å². The first kappa shape index (κ1) is 21.8. The summed E-state index contributed by atoms with van der Waals surface area (Å²) in [6.07, 6.45) is 0. The first-order chi connectivity index (χ1) is 14.3. The van der Waals surface area contributed by atoms with Crippen molar-refractivity contribution in [2.75, 3.05) is 0 Å². The van der Waals surface area contributed by atoms with E-state index in [0.717, 1.165) is 0 Å². The van der Waals surface area contributed by atoms with Gasteiger partial charge in [0.2, 0.25) is 0 Å². The van der Waals surface area contributed by atoms with Crippen LogP contribution in [0.1, 0.15) is 33.4 Å². The Bertz CT molecular complexity index is 1070. The molecule has 0 unspecified atom stereocenters. The molecule has 30 heavy (non-hydrogen) atoms. The van der Waals surface area contributed by atoms with Crippen LogP contribution >= 0.6 is 46.2 Å². The Morgan fingerprint density at radius 3 is 1.17 bits per heavy atom.